The Morgan fingerprint density at radius 2 is 2.03 bits per heavy atom. The number of carbonyl (C=O) groups excluding carboxylic acids is 2. The van der Waals surface area contributed by atoms with E-state index < -0.39 is 17.9 Å². The summed E-state index contributed by atoms with van der Waals surface area (Å²) in [4.78, 5) is 25.0. The van der Waals surface area contributed by atoms with Crippen LogP contribution >= 0.6 is 34.8 Å². The molecule has 0 unspecified atom stereocenters. The lowest BCUT2D eigenvalue weighted by Crippen LogP contribution is -2.45. The van der Waals surface area contributed by atoms with E-state index in [2.05, 4.69) is 43.8 Å². The summed E-state index contributed by atoms with van der Waals surface area (Å²) >= 11 is 7.36. The van der Waals surface area contributed by atoms with Gasteiger partial charge in [0, 0.05) is 20.4 Å². The minimum absolute atomic E-state index is 0.0887. The summed E-state index contributed by atoms with van der Waals surface area (Å²) in [7, 11) is 1.45. The minimum Gasteiger partial charge on any atom is -0.504 e. The molecular formula is C24H25IN4O6S. The van der Waals surface area contributed by atoms with Crippen LogP contribution in [0.15, 0.2) is 52.8 Å². The van der Waals surface area contributed by atoms with Gasteiger partial charge in [-0.1, -0.05) is 18.2 Å². The molecule has 0 saturated carbocycles. The summed E-state index contributed by atoms with van der Waals surface area (Å²) < 4.78 is 16.9. The summed E-state index contributed by atoms with van der Waals surface area (Å²) in [6.07, 6.45) is 1.31. The molecule has 36 heavy (non-hydrogen) atoms. The number of hydrogen-bond acceptors (Lipinski definition) is 8. The number of hydrogen-bond donors (Lipinski definition) is 4. The predicted molar refractivity (Wildman–Crippen MR) is 146 cm³/mol. The van der Waals surface area contributed by atoms with Crippen LogP contribution in [0.25, 0.3) is 0 Å². The molecule has 10 nitrogen and oxygen atoms in total. The Hall–Kier alpha value is -3.39. The molecule has 4 N–H and O–H groups in total. The van der Waals surface area contributed by atoms with E-state index in [1.165, 1.54) is 13.3 Å². The van der Waals surface area contributed by atoms with Gasteiger partial charge in [-0.05, 0) is 66.9 Å². The van der Waals surface area contributed by atoms with Gasteiger partial charge in [-0.25, -0.2) is 10.2 Å². The third kappa shape index (κ3) is 6.63. The zero-order chi connectivity index (χ0) is 26.2. The topological polar surface area (TPSA) is 131 Å². The van der Waals surface area contributed by atoms with Crippen molar-refractivity contribution in [3.63, 3.8) is 0 Å². The average molecular weight is 624 g/mol. The van der Waals surface area contributed by atoms with Crippen LogP contribution in [0.5, 0.6) is 17.2 Å². The van der Waals surface area contributed by atoms with Crippen molar-refractivity contribution in [2.45, 2.75) is 19.9 Å². The molecular weight excluding hydrogens is 599 g/mol. The number of esters is 1. The van der Waals surface area contributed by atoms with Gasteiger partial charge >= 0.3 is 5.97 Å². The molecule has 3 rings (SSSR count). The first kappa shape index (κ1) is 27.2. The van der Waals surface area contributed by atoms with Crippen LogP contribution in [0.3, 0.4) is 0 Å². The number of para-hydroxylation sites is 1. The van der Waals surface area contributed by atoms with E-state index in [0.717, 1.165) is 3.57 Å². The van der Waals surface area contributed by atoms with Crippen LogP contribution in [0.2, 0.25) is 0 Å². The molecule has 0 aliphatic carbocycles. The van der Waals surface area contributed by atoms with E-state index in [-0.39, 0.29) is 19.0 Å². The van der Waals surface area contributed by atoms with Crippen molar-refractivity contribution in [3.05, 3.63) is 62.4 Å². The van der Waals surface area contributed by atoms with Gasteiger partial charge in [0.1, 0.15) is 5.75 Å². The highest BCUT2D eigenvalue weighted by Crippen LogP contribution is 2.34. The second kappa shape index (κ2) is 12.5. The van der Waals surface area contributed by atoms with Crippen LogP contribution in [0.1, 0.15) is 31.0 Å². The van der Waals surface area contributed by atoms with Gasteiger partial charge in [0.05, 0.1) is 31.5 Å². The number of phenols is 1. The van der Waals surface area contributed by atoms with Crippen LogP contribution < -0.4 is 25.5 Å². The van der Waals surface area contributed by atoms with Gasteiger partial charge < -0.3 is 30.0 Å². The number of carbonyl (C=O) groups is 2. The number of nitrogens with one attached hydrogen (secondary N) is 3. The highest BCUT2D eigenvalue weighted by Gasteiger charge is 2.32. The summed E-state index contributed by atoms with van der Waals surface area (Å²) in [6, 6.07) is 9.73. The molecule has 12 heteroatoms. The molecule has 2 aromatic rings. The number of rotatable bonds is 9. The maximum Gasteiger partial charge on any atom is 0.338 e. The van der Waals surface area contributed by atoms with E-state index >= 15 is 0 Å². The Morgan fingerprint density at radius 1 is 1.28 bits per heavy atom. The lowest BCUT2D eigenvalue weighted by molar-refractivity contribution is -0.139. The van der Waals surface area contributed by atoms with Gasteiger partial charge in [-0.3, -0.25) is 4.79 Å². The zero-order valence-corrected chi connectivity index (χ0v) is 22.7. The molecule has 0 spiro atoms. The fourth-order valence-corrected chi connectivity index (χ4v) is 4.34. The Morgan fingerprint density at radius 3 is 2.75 bits per heavy atom. The Bertz CT molecular complexity index is 1230. The number of amides is 1. The summed E-state index contributed by atoms with van der Waals surface area (Å²) in [5.74, 6) is -0.418. The fourth-order valence-electron chi connectivity index (χ4n) is 3.45. The van der Waals surface area contributed by atoms with Crippen molar-refractivity contribution in [2.24, 2.45) is 5.10 Å². The smallest absolute Gasteiger partial charge is 0.338 e. The SMILES string of the molecule is CCOC(=O)C1=C(C)NC(=S)N[C@@H]1c1ccccc1OCC(=O)NN=Cc1cc(I)cc(OC)c1O. The fraction of sp³-hybridized carbons (Fsp3) is 0.250. The number of halogens is 1. The molecule has 0 aromatic heterocycles. The lowest BCUT2D eigenvalue weighted by Gasteiger charge is -2.30. The van der Waals surface area contributed by atoms with Crippen LogP contribution in [-0.4, -0.2) is 48.6 Å². The number of aromatic hydroxyl groups is 1. The number of ether oxygens (including phenoxy) is 3. The quantitative estimate of drug-likeness (QED) is 0.109. The van der Waals surface area contributed by atoms with E-state index in [9.17, 15) is 14.7 Å². The van der Waals surface area contributed by atoms with Crippen molar-refractivity contribution in [1.82, 2.24) is 16.1 Å². The highest BCUT2D eigenvalue weighted by atomic mass is 127. The van der Waals surface area contributed by atoms with E-state index in [0.29, 0.717) is 39.0 Å². The predicted octanol–water partition coefficient (Wildman–Crippen LogP) is 2.89. The number of phenolic OH excluding ortho intramolecular Hbond substituents is 1. The molecule has 1 aliphatic heterocycles. The third-order valence-electron chi connectivity index (χ3n) is 5.04. The van der Waals surface area contributed by atoms with Gasteiger partial charge in [-0.2, -0.15) is 5.10 Å². The number of hydrazone groups is 1. The molecule has 1 aliphatic rings. The monoisotopic (exact) mass is 624 g/mol. The minimum atomic E-state index is -0.631. The number of thiocarbonyl (C=S) groups is 1. The number of benzene rings is 2. The summed E-state index contributed by atoms with van der Waals surface area (Å²) in [5.41, 5.74) is 4.29. The molecule has 1 amide bonds. The third-order valence-corrected chi connectivity index (χ3v) is 5.88. The molecule has 0 fully saturated rings. The van der Waals surface area contributed by atoms with Crippen LogP contribution in [0, 0.1) is 3.57 Å². The zero-order valence-electron chi connectivity index (χ0n) is 19.8. The highest BCUT2D eigenvalue weighted by molar-refractivity contribution is 14.1. The van der Waals surface area contributed by atoms with E-state index in [4.69, 9.17) is 26.4 Å². The van der Waals surface area contributed by atoms with Gasteiger partial charge in [0.25, 0.3) is 5.91 Å². The standard InChI is InChI=1S/C24H25IN4O6S/c1-4-34-23(32)20-13(2)27-24(36)28-21(20)16-7-5-6-8-17(16)35-12-19(30)29-26-11-14-9-15(25)10-18(33-3)22(14)31/h5-11,21,31H,4,12H2,1-3H3,(H,29,30)(H2,27,28,36)/t21-/m1/s1. The molecule has 2 aromatic carbocycles. The molecule has 1 heterocycles. The second-order valence-corrected chi connectivity index (χ2v) is 9.11. The Balaban J connectivity index is 1.72. The molecule has 1 atom stereocenters. The lowest BCUT2D eigenvalue weighted by atomic mass is 9.95. The first-order valence-electron chi connectivity index (χ1n) is 10.8. The van der Waals surface area contributed by atoms with Crippen LogP contribution in [0.4, 0.5) is 0 Å². The first-order chi connectivity index (χ1) is 17.2. The van der Waals surface area contributed by atoms with Crippen molar-refractivity contribution in [1.29, 1.82) is 0 Å². The van der Waals surface area contributed by atoms with Crippen molar-refractivity contribution < 1.29 is 28.9 Å². The molecule has 0 bridgehead atoms. The van der Waals surface area contributed by atoms with E-state index in [1.54, 1.807) is 50.2 Å². The molecule has 0 radical (unpaired) electrons. The van der Waals surface area contributed by atoms with Crippen molar-refractivity contribution in [2.75, 3.05) is 20.3 Å². The van der Waals surface area contributed by atoms with Gasteiger partial charge in [-0.15, -0.1) is 0 Å². The largest absolute Gasteiger partial charge is 0.504 e. The van der Waals surface area contributed by atoms with Crippen LogP contribution in [-0.2, 0) is 14.3 Å². The second-order valence-electron chi connectivity index (χ2n) is 7.46. The normalized spacial score (nSPS) is 15.2. The van der Waals surface area contributed by atoms with Crippen molar-refractivity contribution >= 4 is 58.0 Å². The Kier molecular flexibility index (Phi) is 9.47. The summed E-state index contributed by atoms with van der Waals surface area (Å²) in [5, 5.41) is 20.5. The molecule has 190 valence electrons. The first-order valence-corrected chi connectivity index (χ1v) is 12.3. The average Bonchev–Trinajstić information content (AvgIpc) is 2.84. The number of methoxy groups -OCH3 is 1. The number of nitrogens with zero attached hydrogens (tertiary/aromatic N) is 1. The number of allylic oxidation sites excluding steroid dienone is 1. The molecule has 0 saturated heterocycles. The maximum absolute atomic E-state index is 12.6. The Labute approximate surface area is 227 Å². The maximum atomic E-state index is 12.6. The summed E-state index contributed by atoms with van der Waals surface area (Å²) in [6.45, 7) is 3.34. The van der Waals surface area contributed by atoms with E-state index in [1.807, 2.05) is 0 Å². The van der Waals surface area contributed by atoms with Gasteiger partial charge in [0.2, 0.25) is 0 Å². The van der Waals surface area contributed by atoms with Gasteiger partial charge in [0.15, 0.2) is 23.2 Å². The van der Waals surface area contributed by atoms with Crippen molar-refractivity contribution in [3.8, 4) is 17.2 Å².